The van der Waals surface area contributed by atoms with Crippen LogP contribution in [0, 0.1) is 0 Å². The number of carboxylic acid groups (broad SMARTS) is 1. The minimum Gasteiger partial charge on any atom is -0.478 e. The molecule has 2 rings (SSSR count). The largest absolute Gasteiger partial charge is 0.478 e. The molecule has 4 nitrogen and oxygen atoms in total. The molecule has 3 N–H and O–H groups in total. The molecule has 1 aliphatic heterocycles. The van der Waals surface area contributed by atoms with Gasteiger partial charge in [-0.15, -0.1) is 0 Å². The third-order valence-electron chi connectivity index (χ3n) is 2.78. The molecule has 0 amide bonds. The van der Waals surface area contributed by atoms with Crippen LogP contribution >= 0.6 is 0 Å². The summed E-state index contributed by atoms with van der Waals surface area (Å²) in [5.74, 6) is -0.884. The Kier molecular flexibility index (Phi) is 3.41. The van der Waals surface area contributed by atoms with Gasteiger partial charge >= 0.3 is 5.97 Å². The standard InChI is InChI=1S/C12H16N2O2/c15-12(16)9-3-1-4-10(7-9)14-11-5-2-6-13-8-11/h1,3-4,7,11,13-14H,2,5-6,8H2,(H,15,16). The van der Waals surface area contributed by atoms with Gasteiger partial charge in [0.1, 0.15) is 0 Å². The van der Waals surface area contributed by atoms with Crippen LogP contribution in [0.25, 0.3) is 0 Å². The third-order valence-corrected chi connectivity index (χ3v) is 2.78. The quantitative estimate of drug-likeness (QED) is 0.723. The predicted octanol–water partition coefficient (Wildman–Crippen LogP) is 1.55. The summed E-state index contributed by atoms with van der Waals surface area (Å²) in [6.07, 6.45) is 2.29. The molecular formula is C12H16N2O2. The molecule has 1 aromatic carbocycles. The van der Waals surface area contributed by atoms with Gasteiger partial charge < -0.3 is 15.7 Å². The summed E-state index contributed by atoms with van der Waals surface area (Å²) < 4.78 is 0. The Morgan fingerprint density at radius 2 is 2.38 bits per heavy atom. The van der Waals surface area contributed by atoms with Crippen molar-refractivity contribution in [2.45, 2.75) is 18.9 Å². The minimum absolute atomic E-state index is 0.328. The zero-order valence-electron chi connectivity index (χ0n) is 9.07. The highest BCUT2D eigenvalue weighted by Crippen LogP contribution is 2.14. The normalized spacial score (nSPS) is 20.4. The first-order chi connectivity index (χ1) is 7.75. The Bertz CT molecular complexity index is 373. The van der Waals surface area contributed by atoms with E-state index in [4.69, 9.17) is 5.11 Å². The van der Waals surface area contributed by atoms with Crippen molar-refractivity contribution in [3.05, 3.63) is 29.8 Å². The van der Waals surface area contributed by atoms with E-state index in [2.05, 4.69) is 10.6 Å². The number of hydrogen-bond donors (Lipinski definition) is 3. The average Bonchev–Trinajstić information content (AvgIpc) is 2.30. The fraction of sp³-hybridized carbons (Fsp3) is 0.417. The average molecular weight is 220 g/mol. The molecule has 1 heterocycles. The Hall–Kier alpha value is -1.55. The summed E-state index contributed by atoms with van der Waals surface area (Å²) in [5, 5.41) is 15.5. The van der Waals surface area contributed by atoms with Gasteiger partial charge in [-0.25, -0.2) is 4.79 Å². The number of anilines is 1. The highest BCUT2D eigenvalue weighted by atomic mass is 16.4. The molecule has 0 radical (unpaired) electrons. The molecule has 1 fully saturated rings. The van der Waals surface area contributed by atoms with Crippen LogP contribution in [0.1, 0.15) is 23.2 Å². The molecule has 0 aromatic heterocycles. The van der Waals surface area contributed by atoms with E-state index in [0.29, 0.717) is 11.6 Å². The van der Waals surface area contributed by atoms with E-state index in [-0.39, 0.29) is 0 Å². The van der Waals surface area contributed by atoms with Crippen molar-refractivity contribution in [1.29, 1.82) is 0 Å². The second-order valence-electron chi connectivity index (χ2n) is 4.07. The van der Waals surface area contributed by atoms with Gasteiger partial charge in [-0.3, -0.25) is 0 Å². The molecule has 1 atom stereocenters. The van der Waals surface area contributed by atoms with E-state index in [1.807, 2.05) is 6.07 Å². The number of piperidine rings is 1. The van der Waals surface area contributed by atoms with Gasteiger partial charge in [0.05, 0.1) is 5.56 Å². The molecule has 0 bridgehead atoms. The van der Waals surface area contributed by atoms with Crippen molar-refractivity contribution >= 4 is 11.7 Å². The zero-order chi connectivity index (χ0) is 11.4. The van der Waals surface area contributed by atoms with Crippen LogP contribution < -0.4 is 10.6 Å². The molecule has 1 aromatic rings. The number of carbonyl (C=O) groups is 1. The number of aromatic carboxylic acids is 1. The van der Waals surface area contributed by atoms with Gasteiger partial charge in [0, 0.05) is 18.3 Å². The molecule has 0 aliphatic carbocycles. The van der Waals surface area contributed by atoms with Gasteiger partial charge in [-0.1, -0.05) is 6.07 Å². The predicted molar refractivity (Wildman–Crippen MR) is 62.9 cm³/mol. The van der Waals surface area contributed by atoms with Crippen molar-refractivity contribution in [2.75, 3.05) is 18.4 Å². The number of hydrogen-bond acceptors (Lipinski definition) is 3. The van der Waals surface area contributed by atoms with E-state index in [0.717, 1.165) is 31.6 Å². The summed E-state index contributed by atoms with van der Waals surface area (Å²) >= 11 is 0. The SMILES string of the molecule is O=C(O)c1cccc(NC2CCCNC2)c1. The second kappa shape index (κ2) is 4.99. The first-order valence-corrected chi connectivity index (χ1v) is 5.56. The fourth-order valence-electron chi connectivity index (χ4n) is 1.95. The van der Waals surface area contributed by atoms with Crippen LogP contribution in [0.2, 0.25) is 0 Å². The molecule has 16 heavy (non-hydrogen) atoms. The second-order valence-corrected chi connectivity index (χ2v) is 4.07. The van der Waals surface area contributed by atoms with E-state index >= 15 is 0 Å². The maximum Gasteiger partial charge on any atom is 0.335 e. The molecule has 4 heteroatoms. The number of benzene rings is 1. The lowest BCUT2D eigenvalue weighted by Crippen LogP contribution is -2.38. The first-order valence-electron chi connectivity index (χ1n) is 5.56. The number of carboxylic acids is 1. The van der Waals surface area contributed by atoms with Crippen LogP contribution in [0.4, 0.5) is 5.69 Å². The lowest BCUT2D eigenvalue weighted by Gasteiger charge is -2.24. The lowest BCUT2D eigenvalue weighted by atomic mass is 10.1. The van der Waals surface area contributed by atoms with E-state index < -0.39 is 5.97 Å². The third kappa shape index (κ3) is 2.73. The van der Waals surface area contributed by atoms with Crippen LogP contribution in [-0.2, 0) is 0 Å². The Balaban J connectivity index is 2.02. The van der Waals surface area contributed by atoms with E-state index in [9.17, 15) is 4.79 Å². The molecule has 0 saturated carbocycles. The topological polar surface area (TPSA) is 61.4 Å². The van der Waals surface area contributed by atoms with Crippen LogP contribution in [0.15, 0.2) is 24.3 Å². The van der Waals surface area contributed by atoms with Crippen molar-refractivity contribution in [2.24, 2.45) is 0 Å². The van der Waals surface area contributed by atoms with Gasteiger partial charge in [-0.05, 0) is 37.6 Å². The summed E-state index contributed by atoms with van der Waals surface area (Å²) in [4.78, 5) is 10.8. The molecule has 1 aliphatic rings. The maximum absolute atomic E-state index is 10.8. The zero-order valence-corrected chi connectivity index (χ0v) is 9.07. The van der Waals surface area contributed by atoms with Gasteiger partial charge in [-0.2, -0.15) is 0 Å². The van der Waals surface area contributed by atoms with Gasteiger partial charge in [0.15, 0.2) is 0 Å². The van der Waals surface area contributed by atoms with Crippen molar-refractivity contribution in [3.63, 3.8) is 0 Å². The Labute approximate surface area is 94.7 Å². The summed E-state index contributed by atoms with van der Waals surface area (Å²) in [5.41, 5.74) is 1.21. The minimum atomic E-state index is -0.884. The molecule has 1 unspecified atom stereocenters. The van der Waals surface area contributed by atoms with Crippen LogP contribution in [0.3, 0.4) is 0 Å². The van der Waals surface area contributed by atoms with E-state index in [1.54, 1.807) is 18.2 Å². The van der Waals surface area contributed by atoms with Gasteiger partial charge in [0.2, 0.25) is 0 Å². The monoisotopic (exact) mass is 220 g/mol. The van der Waals surface area contributed by atoms with Crippen LogP contribution in [0.5, 0.6) is 0 Å². The summed E-state index contributed by atoms with van der Waals surface area (Å²) in [6, 6.07) is 7.35. The first kappa shape index (κ1) is 11.0. The maximum atomic E-state index is 10.8. The molecule has 1 saturated heterocycles. The Morgan fingerprint density at radius 3 is 3.06 bits per heavy atom. The number of nitrogens with one attached hydrogen (secondary N) is 2. The number of rotatable bonds is 3. The molecular weight excluding hydrogens is 204 g/mol. The molecule has 86 valence electrons. The van der Waals surface area contributed by atoms with Gasteiger partial charge in [0.25, 0.3) is 0 Å². The highest BCUT2D eigenvalue weighted by Gasteiger charge is 2.12. The molecule has 0 spiro atoms. The Morgan fingerprint density at radius 1 is 1.50 bits per heavy atom. The summed E-state index contributed by atoms with van der Waals surface area (Å²) in [7, 11) is 0. The smallest absolute Gasteiger partial charge is 0.335 e. The highest BCUT2D eigenvalue weighted by molar-refractivity contribution is 5.88. The van der Waals surface area contributed by atoms with E-state index in [1.165, 1.54) is 0 Å². The summed E-state index contributed by atoms with van der Waals surface area (Å²) in [6.45, 7) is 2.02. The lowest BCUT2D eigenvalue weighted by molar-refractivity contribution is 0.0697. The fourth-order valence-corrected chi connectivity index (χ4v) is 1.95. The van der Waals surface area contributed by atoms with Crippen molar-refractivity contribution in [3.8, 4) is 0 Å². The van der Waals surface area contributed by atoms with Crippen molar-refractivity contribution in [1.82, 2.24) is 5.32 Å². The van der Waals surface area contributed by atoms with Crippen LogP contribution in [-0.4, -0.2) is 30.2 Å². The van der Waals surface area contributed by atoms with Crippen molar-refractivity contribution < 1.29 is 9.90 Å².